The van der Waals surface area contributed by atoms with E-state index >= 15 is 0 Å². The number of oxazole rings is 1. The number of aromatic nitrogens is 1. The van der Waals surface area contributed by atoms with E-state index in [4.69, 9.17) is 9.15 Å². The van der Waals surface area contributed by atoms with Gasteiger partial charge in [-0.25, -0.2) is 9.37 Å². The average Bonchev–Trinajstić information content (AvgIpc) is 3.11. The maximum absolute atomic E-state index is 13.6. The Hall–Kier alpha value is -3.10. The fraction of sp³-hybridized carbons (Fsp3) is 0.333. The van der Waals surface area contributed by atoms with Gasteiger partial charge in [-0.1, -0.05) is 18.2 Å². The first-order chi connectivity index (χ1) is 14.1. The van der Waals surface area contributed by atoms with Crippen LogP contribution >= 0.6 is 0 Å². The Morgan fingerprint density at radius 1 is 1.23 bits per heavy atom. The van der Waals surface area contributed by atoms with Gasteiger partial charge < -0.3 is 14.3 Å². The lowest BCUT2D eigenvalue weighted by molar-refractivity contribution is -0.156. The van der Waals surface area contributed by atoms with Crippen molar-refractivity contribution in [2.45, 2.75) is 39.3 Å². The first kappa shape index (κ1) is 21.6. The van der Waals surface area contributed by atoms with Crippen LogP contribution in [0.15, 0.2) is 28.7 Å². The number of carbonyl (C=O) groups excluding carboxylic acids is 1. The van der Waals surface area contributed by atoms with Gasteiger partial charge in [0, 0.05) is 0 Å². The first-order valence-corrected chi connectivity index (χ1v) is 9.21. The predicted octanol–water partition coefficient (Wildman–Crippen LogP) is 5.60. The van der Waals surface area contributed by atoms with Gasteiger partial charge in [-0.05, 0) is 50.3 Å². The molecule has 0 radical (unpaired) electrons. The number of phenolic OH excluding ortho intramolecular Hbond substituents is 1. The molecule has 1 heterocycles. The first-order valence-electron chi connectivity index (χ1n) is 9.21. The molecule has 0 aliphatic heterocycles. The minimum atomic E-state index is -4.84. The minimum absolute atomic E-state index is 0.0135. The molecule has 0 unspecified atom stereocenters. The number of unbranched alkanes of at least 4 members (excludes halogenated alkanes) is 1. The van der Waals surface area contributed by atoms with E-state index in [0.717, 1.165) is 0 Å². The molecular weight excluding hydrogens is 406 g/mol. The highest BCUT2D eigenvalue weighted by Gasteiger charge is 2.39. The van der Waals surface area contributed by atoms with E-state index in [2.05, 4.69) is 4.98 Å². The average molecular weight is 425 g/mol. The van der Waals surface area contributed by atoms with Crippen molar-refractivity contribution in [3.63, 3.8) is 0 Å². The highest BCUT2D eigenvalue weighted by atomic mass is 19.4. The second-order valence-corrected chi connectivity index (χ2v) is 6.83. The number of aromatic hydroxyl groups is 1. The summed E-state index contributed by atoms with van der Waals surface area (Å²) in [6.07, 6.45) is -3.42. The zero-order valence-corrected chi connectivity index (χ0v) is 16.3. The van der Waals surface area contributed by atoms with Gasteiger partial charge in [-0.2, -0.15) is 13.2 Å². The number of rotatable bonds is 7. The number of hydrogen-bond acceptors (Lipinski definition) is 5. The Kier molecular flexibility index (Phi) is 6.00. The van der Waals surface area contributed by atoms with Gasteiger partial charge in [0.1, 0.15) is 11.3 Å². The van der Waals surface area contributed by atoms with Crippen LogP contribution < -0.4 is 4.74 Å². The third kappa shape index (κ3) is 4.24. The number of ether oxygens (including phenoxy) is 1. The van der Waals surface area contributed by atoms with Crippen molar-refractivity contribution >= 4 is 16.9 Å². The molecule has 30 heavy (non-hydrogen) atoms. The second-order valence-electron chi connectivity index (χ2n) is 6.83. The number of nitrogens with zero attached hydrogens (tertiary/aromatic N) is 1. The van der Waals surface area contributed by atoms with Crippen LogP contribution in [0.3, 0.4) is 0 Å². The Morgan fingerprint density at radius 3 is 2.57 bits per heavy atom. The molecular formula is C21H19F4NO4. The zero-order valence-electron chi connectivity index (χ0n) is 16.3. The monoisotopic (exact) mass is 425 g/mol. The number of halogens is 4. The van der Waals surface area contributed by atoms with E-state index in [0.29, 0.717) is 24.8 Å². The smallest absolute Gasteiger partial charge is 0.468 e. The van der Waals surface area contributed by atoms with Crippen molar-refractivity contribution < 1.29 is 36.6 Å². The number of phenols is 1. The standard InChI is InChI=1S/C21H19F4NO4/c1-11-15(12(2)27)17(28)19(18-16(11)26-20(30-18)21(23,24)25)29-10-6-5-8-13-7-3-4-9-14(13)22/h3-4,7,9,28H,5-6,8,10H2,1-2H3. The number of ketones is 1. The van der Waals surface area contributed by atoms with Crippen molar-refractivity contribution in [1.29, 1.82) is 0 Å². The minimum Gasteiger partial charge on any atom is -0.504 e. The summed E-state index contributed by atoms with van der Waals surface area (Å²) in [5.74, 6) is -3.32. The predicted molar refractivity (Wildman–Crippen MR) is 100 cm³/mol. The van der Waals surface area contributed by atoms with Crippen LogP contribution in [-0.4, -0.2) is 22.5 Å². The molecule has 0 bridgehead atoms. The number of Topliss-reactive ketones (excluding diaryl/α,β-unsaturated/α-hetero) is 1. The van der Waals surface area contributed by atoms with Gasteiger partial charge in [0.25, 0.3) is 0 Å². The summed E-state index contributed by atoms with van der Waals surface area (Å²) >= 11 is 0. The van der Waals surface area contributed by atoms with Crippen molar-refractivity contribution in [2.24, 2.45) is 0 Å². The van der Waals surface area contributed by atoms with Crippen LogP contribution in [0.4, 0.5) is 17.6 Å². The van der Waals surface area contributed by atoms with Crippen LogP contribution in [0.1, 0.15) is 47.1 Å². The third-order valence-electron chi connectivity index (χ3n) is 4.65. The summed E-state index contributed by atoms with van der Waals surface area (Å²) in [5.41, 5.74) is -0.142. The second kappa shape index (κ2) is 8.33. The lowest BCUT2D eigenvalue weighted by atomic mass is 10.0. The molecule has 0 aliphatic carbocycles. The van der Waals surface area contributed by atoms with Crippen LogP contribution in [0, 0.1) is 12.7 Å². The highest BCUT2D eigenvalue weighted by Crippen LogP contribution is 2.43. The molecule has 0 aliphatic rings. The van der Waals surface area contributed by atoms with E-state index in [1.54, 1.807) is 18.2 Å². The molecule has 160 valence electrons. The summed E-state index contributed by atoms with van der Waals surface area (Å²) in [5, 5.41) is 10.5. The van der Waals surface area contributed by atoms with E-state index in [1.165, 1.54) is 19.9 Å². The van der Waals surface area contributed by atoms with Crippen LogP contribution in [-0.2, 0) is 12.6 Å². The molecule has 0 spiro atoms. The van der Waals surface area contributed by atoms with E-state index in [9.17, 15) is 27.5 Å². The number of alkyl halides is 3. The highest BCUT2D eigenvalue weighted by molar-refractivity contribution is 6.04. The molecule has 0 saturated carbocycles. The molecule has 2 aromatic carbocycles. The molecule has 3 aromatic rings. The molecule has 3 rings (SSSR count). The van der Waals surface area contributed by atoms with Gasteiger partial charge in [-0.3, -0.25) is 4.79 Å². The summed E-state index contributed by atoms with van der Waals surface area (Å²) in [7, 11) is 0. The van der Waals surface area contributed by atoms with Crippen molar-refractivity contribution in [2.75, 3.05) is 6.61 Å². The fourth-order valence-corrected chi connectivity index (χ4v) is 3.22. The number of benzene rings is 2. The summed E-state index contributed by atoms with van der Waals surface area (Å²) in [6, 6.07) is 6.34. The number of fused-ring (bicyclic) bond motifs is 1. The lowest BCUT2D eigenvalue weighted by Crippen LogP contribution is -2.05. The maximum atomic E-state index is 13.6. The SMILES string of the molecule is CC(=O)c1c(O)c(OCCCCc2ccccc2F)c2oc(C(F)(F)F)nc2c1C. The van der Waals surface area contributed by atoms with Crippen LogP contribution in [0.5, 0.6) is 11.5 Å². The fourth-order valence-electron chi connectivity index (χ4n) is 3.22. The quantitative estimate of drug-likeness (QED) is 0.303. The van der Waals surface area contributed by atoms with Crippen molar-refractivity contribution in [1.82, 2.24) is 4.98 Å². The number of hydrogen-bond donors (Lipinski definition) is 1. The number of aryl methyl sites for hydroxylation is 2. The topological polar surface area (TPSA) is 72.6 Å². The number of carbonyl (C=O) groups is 1. The summed E-state index contributed by atoms with van der Waals surface area (Å²) in [4.78, 5) is 15.4. The molecule has 0 amide bonds. The molecule has 1 aromatic heterocycles. The summed E-state index contributed by atoms with van der Waals surface area (Å²) in [6.45, 7) is 2.57. The van der Waals surface area contributed by atoms with Crippen LogP contribution in [0.25, 0.3) is 11.1 Å². The van der Waals surface area contributed by atoms with Gasteiger partial charge in [0.15, 0.2) is 11.5 Å². The molecule has 5 nitrogen and oxygen atoms in total. The lowest BCUT2D eigenvalue weighted by Gasteiger charge is -2.13. The Balaban J connectivity index is 1.84. The summed E-state index contributed by atoms with van der Waals surface area (Å²) < 4.78 is 63.1. The molecule has 9 heteroatoms. The molecule has 0 fully saturated rings. The Bertz CT molecular complexity index is 1090. The van der Waals surface area contributed by atoms with E-state index in [-0.39, 0.29) is 40.4 Å². The molecule has 0 atom stereocenters. The molecule has 0 saturated heterocycles. The van der Waals surface area contributed by atoms with Crippen LogP contribution in [0.2, 0.25) is 0 Å². The Morgan fingerprint density at radius 2 is 1.93 bits per heavy atom. The van der Waals surface area contributed by atoms with Gasteiger partial charge >= 0.3 is 12.1 Å². The maximum Gasteiger partial charge on any atom is 0.468 e. The van der Waals surface area contributed by atoms with Gasteiger partial charge in [0.05, 0.1) is 12.2 Å². The van der Waals surface area contributed by atoms with Gasteiger partial charge in [0.2, 0.25) is 11.3 Å². The Labute approximate surface area is 169 Å². The zero-order chi connectivity index (χ0) is 22.1. The van der Waals surface area contributed by atoms with Crippen molar-refractivity contribution in [3.05, 3.63) is 52.7 Å². The largest absolute Gasteiger partial charge is 0.504 e. The normalized spacial score (nSPS) is 11.8. The van der Waals surface area contributed by atoms with Gasteiger partial charge in [-0.15, -0.1) is 0 Å². The van der Waals surface area contributed by atoms with E-state index in [1.807, 2.05) is 0 Å². The third-order valence-corrected chi connectivity index (χ3v) is 4.65. The molecule has 1 N–H and O–H groups in total. The van der Waals surface area contributed by atoms with E-state index < -0.39 is 23.6 Å². The van der Waals surface area contributed by atoms with Crippen molar-refractivity contribution in [3.8, 4) is 11.5 Å².